The molecule has 4 aromatic rings. The fourth-order valence-corrected chi connectivity index (χ4v) is 3.78. The van der Waals surface area contributed by atoms with Crippen LogP contribution in [0.3, 0.4) is 0 Å². The smallest absolute Gasteiger partial charge is 0.175 e. The Morgan fingerprint density at radius 2 is 1.90 bits per heavy atom. The second-order valence-corrected chi connectivity index (χ2v) is 7.20. The highest BCUT2D eigenvalue weighted by atomic mass is 16.5. The monoisotopic (exact) mass is 402 g/mol. The van der Waals surface area contributed by atoms with Gasteiger partial charge in [-0.1, -0.05) is 6.07 Å². The third-order valence-electron chi connectivity index (χ3n) is 5.36. The molecule has 30 heavy (non-hydrogen) atoms. The number of amidine groups is 1. The van der Waals surface area contributed by atoms with E-state index >= 15 is 0 Å². The van der Waals surface area contributed by atoms with Gasteiger partial charge in [-0.15, -0.1) is 0 Å². The molecule has 1 unspecified atom stereocenters. The summed E-state index contributed by atoms with van der Waals surface area (Å²) in [6.07, 6.45) is 5.61. The molecule has 1 aliphatic heterocycles. The summed E-state index contributed by atoms with van der Waals surface area (Å²) in [5.74, 6) is 2.86. The summed E-state index contributed by atoms with van der Waals surface area (Å²) in [5, 5.41) is 3.41. The van der Waals surface area contributed by atoms with Crippen molar-refractivity contribution in [2.24, 2.45) is 12.0 Å². The van der Waals surface area contributed by atoms with Gasteiger partial charge in [-0.05, 0) is 29.8 Å². The quantitative estimate of drug-likeness (QED) is 0.566. The molecular weight excluding hydrogens is 380 g/mol. The molecule has 0 radical (unpaired) electrons. The average Bonchev–Trinajstić information content (AvgIpc) is 3.40. The first-order valence-electron chi connectivity index (χ1n) is 9.65. The van der Waals surface area contributed by atoms with Crippen LogP contribution in [-0.4, -0.2) is 39.2 Å². The highest BCUT2D eigenvalue weighted by molar-refractivity contribution is 6.06. The average molecular weight is 402 g/mol. The van der Waals surface area contributed by atoms with E-state index in [9.17, 15) is 0 Å². The van der Waals surface area contributed by atoms with Crippen LogP contribution in [0.25, 0.3) is 11.0 Å². The SMILES string of the molecule is COc1ccc(NC2=NC(c3ccc4ncn(C)c4c3)Cn3ccnc32)cc1OC. The highest BCUT2D eigenvalue weighted by Crippen LogP contribution is 2.31. The van der Waals surface area contributed by atoms with E-state index in [1.54, 1.807) is 20.4 Å². The molecule has 0 saturated heterocycles. The first-order valence-corrected chi connectivity index (χ1v) is 9.65. The van der Waals surface area contributed by atoms with Crippen LogP contribution < -0.4 is 14.8 Å². The minimum atomic E-state index is -0.0337. The lowest BCUT2D eigenvalue weighted by Gasteiger charge is -2.24. The normalized spacial score (nSPS) is 15.6. The lowest BCUT2D eigenvalue weighted by molar-refractivity contribution is 0.355. The summed E-state index contributed by atoms with van der Waals surface area (Å²) in [5.41, 5.74) is 4.06. The minimum Gasteiger partial charge on any atom is -0.493 e. The second-order valence-electron chi connectivity index (χ2n) is 7.20. The van der Waals surface area contributed by atoms with Crippen LogP contribution in [0.2, 0.25) is 0 Å². The van der Waals surface area contributed by atoms with Crippen molar-refractivity contribution in [3.05, 3.63) is 66.5 Å². The number of imidazole rings is 2. The molecule has 0 amide bonds. The Kier molecular flexibility index (Phi) is 4.39. The number of methoxy groups -OCH3 is 2. The minimum absolute atomic E-state index is 0.0337. The number of hydrogen-bond acceptors (Lipinski definition) is 6. The molecule has 1 aliphatic rings. The zero-order valence-electron chi connectivity index (χ0n) is 17.0. The summed E-state index contributed by atoms with van der Waals surface area (Å²) in [6, 6.07) is 12.0. The Hall–Kier alpha value is -3.81. The molecule has 0 bridgehead atoms. The van der Waals surface area contributed by atoms with E-state index in [1.807, 2.05) is 48.4 Å². The maximum Gasteiger partial charge on any atom is 0.175 e. The number of rotatable bonds is 4. The van der Waals surface area contributed by atoms with Gasteiger partial charge in [-0.25, -0.2) is 9.97 Å². The summed E-state index contributed by atoms with van der Waals surface area (Å²) in [6.45, 7) is 0.732. The van der Waals surface area contributed by atoms with Crippen molar-refractivity contribution in [3.63, 3.8) is 0 Å². The van der Waals surface area contributed by atoms with E-state index in [4.69, 9.17) is 14.5 Å². The Labute approximate surface area is 173 Å². The van der Waals surface area contributed by atoms with E-state index in [1.165, 1.54) is 0 Å². The molecule has 5 rings (SSSR count). The van der Waals surface area contributed by atoms with Crippen molar-refractivity contribution in [2.45, 2.75) is 12.6 Å². The van der Waals surface area contributed by atoms with Crippen molar-refractivity contribution in [2.75, 3.05) is 19.5 Å². The first kappa shape index (κ1) is 18.2. The van der Waals surface area contributed by atoms with Gasteiger partial charge in [0, 0.05) is 31.2 Å². The van der Waals surface area contributed by atoms with E-state index in [0.29, 0.717) is 17.3 Å². The van der Waals surface area contributed by atoms with Gasteiger partial charge in [0.25, 0.3) is 0 Å². The topological polar surface area (TPSA) is 78.5 Å². The van der Waals surface area contributed by atoms with Crippen LogP contribution in [-0.2, 0) is 13.6 Å². The Bertz CT molecular complexity index is 1260. The van der Waals surface area contributed by atoms with Crippen LogP contribution in [0.5, 0.6) is 11.5 Å². The van der Waals surface area contributed by atoms with Gasteiger partial charge in [0.1, 0.15) is 0 Å². The molecule has 1 atom stereocenters. The van der Waals surface area contributed by atoms with Crippen LogP contribution in [0.4, 0.5) is 5.69 Å². The highest BCUT2D eigenvalue weighted by Gasteiger charge is 2.24. The molecule has 0 saturated carbocycles. The van der Waals surface area contributed by atoms with E-state index < -0.39 is 0 Å². The van der Waals surface area contributed by atoms with Crippen molar-refractivity contribution < 1.29 is 9.47 Å². The number of aromatic nitrogens is 4. The van der Waals surface area contributed by atoms with Crippen molar-refractivity contribution in [3.8, 4) is 11.5 Å². The molecule has 8 heteroatoms. The number of fused-ring (bicyclic) bond motifs is 2. The fourth-order valence-electron chi connectivity index (χ4n) is 3.78. The Morgan fingerprint density at radius 1 is 1.03 bits per heavy atom. The van der Waals surface area contributed by atoms with Crippen LogP contribution in [0.15, 0.2) is 60.1 Å². The van der Waals surface area contributed by atoms with Crippen LogP contribution >= 0.6 is 0 Å². The molecule has 0 aliphatic carbocycles. The van der Waals surface area contributed by atoms with Crippen molar-refractivity contribution >= 4 is 22.6 Å². The van der Waals surface area contributed by atoms with Crippen molar-refractivity contribution in [1.29, 1.82) is 0 Å². The van der Waals surface area contributed by atoms with E-state index in [2.05, 4.69) is 32.0 Å². The molecule has 8 nitrogen and oxygen atoms in total. The Morgan fingerprint density at radius 3 is 2.73 bits per heavy atom. The molecular formula is C22H22N6O2. The summed E-state index contributed by atoms with van der Waals surface area (Å²) in [4.78, 5) is 13.9. The predicted octanol–water partition coefficient (Wildman–Crippen LogP) is 3.40. The number of hydrogen-bond donors (Lipinski definition) is 1. The van der Waals surface area contributed by atoms with Gasteiger partial charge in [0.15, 0.2) is 23.2 Å². The number of aliphatic imine (C=N–C) groups is 1. The third kappa shape index (κ3) is 3.06. The van der Waals surface area contributed by atoms with Crippen LogP contribution in [0.1, 0.15) is 17.4 Å². The zero-order chi connectivity index (χ0) is 20.7. The number of nitrogens with one attached hydrogen (secondary N) is 1. The predicted molar refractivity (Wildman–Crippen MR) is 115 cm³/mol. The molecule has 1 N–H and O–H groups in total. The number of benzene rings is 2. The van der Waals surface area contributed by atoms with Gasteiger partial charge >= 0.3 is 0 Å². The van der Waals surface area contributed by atoms with E-state index in [-0.39, 0.29) is 6.04 Å². The maximum atomic E-state index is 5.42. The summed E-state index contributed by atoms with van der Waals surface area (Å²) in [7, 11) is 5.25. The van der Waals surface area contributed by atoms with Gasteiger partial charge in [-0.2, -0.15) is 0 Å². The number of anilines is 1. The molecule has 2 aromatic carbocycles. The van der Waals surface area contributed by atoms with Gasteiger partial charge < -0.3 is 23.9 Å². The number of nitrogens with zero attached hydrogens (tertiary/aromatic N) is 5. The largest absolute Gasteiger partial charge is 0.493 e. The maximum absolute atomic E-state index is 5.42. The lowest BCUT2D eigenvalue weighted by atomic mass is 10.1. The number of ether oxygens (including phenoxy) is 2. The standard InChI is InChI=1S/C22H22N6O2/c1-27-13-24-16-6-4-14(10-18(16)27)17-12-28-9-8-23-22(28)21(26-17)25-15-5-7-19(29-2)20(11-15)30-3/h4-11,13,17H,12H2,1-3H3,(H,25,26). The van der Waals surface area contributed by atoms with Gasteiger partial charge in [0.2, 0.25) is 0 Å². The van der Waals surface area contributed by atoms with Gasteiger partial charge in [0.05, 0.1) is 44.2 Å². The molecule has 2 aromatic heterocycles. The second kappa shape index (κ2) is 7.22. The lowest BCUT2D eigenvalue weighted by Crippen LogP contribution is -2.27. The zero-order valence-corrected chi connectivity index (χ0v) is 17.0. The molecule has 152 valence electrons. The summed E-state index contributed by atoms with van der Waals surface area (Å²) < 4.78 is 14.9. The van der Waals surface area contributed by atoms with Crippen LogP contribution in [0, 0.1) is 0 Å². The van der Waals surface area contributed by atoms with E-state index in [0.717, 1.165) is 34.7 Å². The third-order valence-corrected chi connectivity index (χ3v) is 5.36. The molecule has 3 heterocycles. The van der Waals surface area contributed by atoms with Crippen molar-refractivity contribution in [1.82, 2.24) is 19.1 Å². The number of aryl methyl sites for hydroxylation is 1. The Balaban J connectivity index is 1.52. The summed E-state index contributed by atoms with van der Waals surface area (Å²) >= 11 is 0. The molecule has 0 fully saturated rings. The fraction of sp³-hybridized carbons (Fsp3) is 0.227. The van der Waals surface area contributed by atoms with Gasteiger partial charge in [-0.3, -0.25) is 4.99 Å². The molecule has 0 spiro atoms. The first-order chi connectivity index (χ1) is 14.7.